The van der Waals surface area contributed by atoms with E-state index in [1.165, 1.54) is 0 Å². The molecule has 3 aromatic rings. The summed E-state index contributed by atoms with van der Waals surface area (Å²) in [5.74, 6) is 0. The fraction of sp³-hybridized carbons (Fsp3) is 0.222. The zero-order valence-electron chi connectivity index (χ0n) is 12.7. The largest absolute Gasteiger partial charge is 0.303 e. The maximum Gasteiger partial charge on any atom is 0.124 e. The number of aldehydes is 1. The number of carbonyl (C=O) groups excluding carboxylic acids is 1. The second-order valence-corrected chi connectivity index (χ2v) is 6.19. The third-order valence-corrected chi connectivity index (χ3v) is 4.62. The van der Waals surface area contributed by atoms with Crippen LogP contribution >= 0.6 is 23.2 Å². The highest BCUT2D eigenvalue weighted by Gasteiger charge is 2.13. The number of benzene rings is 2. The van der Waals surface area contributed by atoms with Gasteiger partial charge in [0, 0.05) is 27.4 Å². The molecule has 0 aliphatic carbocycles. The number of hydrogen-bond donors (Lipinski definition) is 0. The van der Waals surface area contributed by atoms with Crippen molar-refractivity contribution in [3.8, 4) is 0 Å². The quantitative estimate of drug-likeness (QED) is 0.628. The summed E-state index contributed by atoms with van der Waals surface area (Å²) < 4.78 is 1.91. The summed E-state index contributed by atoms with van der Waals surface area (Å²) in [5, 5.41) is 7.06. The molecule has 5 heteroatoms. The molecule has 118 valence electrons. The molecule has 1 heterocycles. The minimum Gasteiger partial charge on any atom is -0.303 e. The summed E-state index contributed by atoms with van der Waals surface area (Å²) in [7, 11) is 0. The number of aromatic nitrogens is 2. The minimum absolute atomic E-state index is 0.398. The normalized spacial score (nSPS) is 11.1. The van der Waals surface area contributed by atoms with Crippen molar-refractivity contribution in [1.82, 2.24) is 9.78 Å². The molecule has 0 amide bonds. The molecule has 0 saturated heterocycles. The van der Waals surface area contributed by atoms with Gasteiger partial charge in [-0.2, -0.15) is 5.10 Å². The molecule has 0 aliphatic heterocycles. The van der Waals surface area contributed by atoms with E-state index in [1.54, 1.807) is 0 Å². The standard InChI is InChI=1S/C18H16Cl2N2O/c1-2-17-13-7-6-12(8-9-23)10-18(13)22(21-17)11-14-15(19)4-3-5-16(14)20/h3-7,9-10H,2,8,11H2,1H3. The molecule has 0 saturated carbocycles. The smallest absolute Gasteiger partial charge is 0.124 e. The summed E-state index contributed by atoms with van der Waals surface area (Å²) in [5.41, 5.74) is 3.85. The van der Waals surface area contributed by atoms with Crippen LogP contribution in [0.4, 0.5) is 0 Å². The Kier molecular flexibility index (Phi) is 4.69. The van der Waals surface area contributed by atoms with E-state index in [2.05, 4.69) is 6.92 Å². The van der Waals surface area contributed by atoms with Crippen LogP contribution in [0.1, 0.15) is 23.7 Å². The molecular weight excluding hydrogens is 331 g/mol. The van der Waals surface area contributed by atoms with Crippen LogP contribution in [0.25, 0.3) is 10.9 Å². The molecular formula is C18H16Cl2N2O. The van der Waals surface area contributed by atoms with Crippen molar-refractivity contribution in [3.05, 3.63) is 63.3 Å². The molecule has 0 bridgehead atoms. The van der Waals surface area contributed by atoms with Crippen LogP contribution in [0.15, 0.2) is 36.4 Å². The molecule has 0 atom stereocenters. The highest BCUT2D eigenvalue weighted by atomic mass is 35.5. The molecule has 0 radical (unpaired) electrons. The van der Waals surface area contributed by atoms with Gasteiger partial charge in [0.15, 0.2) is 0 Å². The van der Waals surface area contributed by atoms with Gasteiger partial charge >= 0.3 is 0 Å². The fourth-order valence-electron chi connectivity index (χ4n) is 2.73. The molecule has 0 spiro atoms. The average Bonchev–Trinajstić information content (AvgIpc) is 2.89. The molecule has 3 rings (SSSR count). The van der Waals surface area contributed by atoms with Crippen LogP contribution in [0, 0.1) is 0 Å². The van der Waals surface area contributed by atoms with Crippen molar-refractivity contribution in [2.24, 2.45) is 0 Å². The monoisotopic (exact) mass is 346 g/mol. The van der Waals surface area contributed by atoms with Gasteiger partial charge in [-0.15, -0.1) is 0 Å². The Hall–Kier alpha value is -1.84. The Balaban J connectivity index is 2.12. The van der Waals surface area contributed by atoms with Crippen molar-refractivity contribution in [2.45, 2.75) is 26.3 Å². The van der Waals surface area contributed by atoms with E-state index in [9.17, 15) is 4.79 Å². The van der Waals surface area contributed by atoms with Gasteiger partial charge in [-0.3, -0.25) is 4.68 Å². The van der Waals surface area contributed by atoms with Crippen molar-refractivity contribution >= 4 is 40.4 Å². The van der Waals surface area contributed by atoms with Crippen LogP contribution in [-0.4, -0.2) is 16.1 Å². The number of hydrogen-bond acceptors (Lipinski definition) is 2. The number of fused-ring (bicyclic) bond motifs is 1. The number of halogens is 2. The van der Waals surface area contributed by atoms with Crippen LogP contribution < -0.4 is 0 Å². The molecule has 1 aromatic heterocycles. The van der Waals surface area contributed by atoms with Crippen LogP contribution in [0.3, 0.4) is 0 Å². The molecule has 0 fully saturated rings. The predicted octanol–water partition coefficient (Wildman–Crippen LogP) is 4.70. The van der Waals surface area contributed by atoms with E-state index in [-0.39, 0.29) is 0 Å². The van der Waals surface area contributed by atoms with Crippen LogP contribution in [0.5, 0.6) is 0 Å². The van der Waals surface area contributed by atoms with Crippen molar-refractivity contribution < 1.29 is 4.79 Å². The average molecular weight is 347 g/mol. The van der Waals surface area contributed by atoms with Gasteiger partial charge in [0.2, 0.25) is 0 Å². The van der Waals surface area contributed by atoms with Gasteiger partial charge in [0.25, 0.3) is 0 Å². The van der Waals surface area contributed by atoms with Gasteiger partial charge in [-0.05, 0) is 30.2 Å². The number of rotatable bonds is 5. The summed E-state index contributed by atoms with van der Waals surface area (Å²) in [6, 6.07) is 11.5. The molecule has 3 nitrogen and oxygen atoms in total. The first-order chi connectivity index (χ1) is 11.1. The van der Waals surface area contributed by atoms with E-state index in [0.717, 1.165) is 40.4 Å². The third kappa shape index (κ3) is 3.12. The van der Waals surface area contributed by atoms with Gasteiger partial charge in [-0.25, -0.2) is 0 Å². The maximum absolute atomic E-state index is 10.8. The lowest BCUT2D eigenvalue weighted by atomic mass is 10.1. The zero-order chi connectivity index (χ0) is 16.4. The molecule has 0 N–H and O–H groups in total. The number of carbonyl (C=O) groups is 1. The predicted molar refractivity (Wildman–Crippen MR) is 94.4 cm³/mol. The first kappa shape index (κ1) is 16.0. The fourth-order valence-corrected chi connectivity index (χ4v) is 3.24. The Morgan fingerprint density at radius 1 is 1.17 bits per heavy atom. The van der Waals surface area contributed by atoms with Crippen molar-refractivity contribution in [2.75, 3.05) is 0 Å². The lowest BCUT2D eigenvalue weighted by molar-refractivity contribution is -0.107. The highest BCUT2D eigenvalue weighted by molar-refractivity contribution is 6.36. The number of aryl methyl sites for hydroxylation is 1. The van der Waals surface area contributed by atoms with E-state index in [1.807, 2.05) is 41.1 Å². The maximum atomic E-state index is 10.8. The van der Waals surface area contributed by atoms with E-state index in [4.69, 9.17) is 28.3 Å². The van der Waals surface area contributed by atoms with E-state index < -0.39 is 0 Å². The van der Waals surface area contributed by atoms with Gasteiger partial charge in [0.05, 0.1) is 17.8 Å². The first-order valence-corrected chi connectivity index (χ1v) is 8.24. The Morgan fingerprint density at radius 3 is 2.57 bits per heavy atom. The first-order valence-electron chi connectivity index (χ1n) is 7.49. The Bertz CT molecular complexity index is 851. The summed E-state index contributed by atoms with van der Waals surface area (Å²) in [6.07, 6.45) is 2.15. The third-order valence-electron chi connectivity index (χ3n) is 3.92. The summed E-state index contributed by atoms with van der Waals surface area (Å²) in [6.45, 7) is 2.58. The van der Waals surface area contributed by atoms with Crippen molar-refractivity contribution in [3.63, 3.8) is 0 Å². The van der Waals surface area contributed by atoms with Crippen LogP contribution in [-0.2, 0) is 24.2 Å². The molecule has 0 unspecified atom stereocenters. The van der Waals surface area contributed by atoms with Gasteiger partial charge < -0.3 is 4.79 Å². The van der Waals surface area contributed by atoms with E-state index in [0.29, 0.717) is 23.0 Å². The Morgan fingerprint density at radius 2 is 1.91 bits per heavy atom. The SMILES string of the molecule is CCc1nn(Cc2c(Cl)cccc2Cl)c2cc(CC=O)ccc12. The second kappa shape index (κ2) is 6.73. The summed E-state index contributed by atoms with van der Waals surface area (Å²) in [4.78, 5) is 10.8. The van der Waals surface area contributed by atoms with Gasteiger partial charge in [0.1, 0.15) is 6.29 Å². The molecule has 0 aliphatic rings. The minimum atomic E-state index is 0.398. The Labute approximate surface area is 144 Å². The second-order valence-electron chi connectivity index (χ2n) is 5.38. The lowest BCUT2D eigenvalue weighted by Gasteiger charge is -2.08. The van der Waals surface area contributed by atoms with E-state index >= 15 is 0 Å². The zero-order valence-corrected chi connectivity index (χ0v) is 14.2. The molecule has 23 heavy (non-hydrogen) atoms. The van der Waals surface area contributed by atoms with Crippen molar-refractivity contribution in [1.29, 1.82) is 0 Å². The highest BCUT2D eigenvalue weighted by Crippen LogP contribution is 2.28. The lowest BCUT2D eigenvalue weighted by Crippen LogP contribution is -2.04. The molecule has 2 aromatic carbocycles. The number of nitrogens with zero attached hydrogens (tertiary/aromatic N) is 2. The summed E-state index contributed by atoms with van der Waals surface area (Å²) >= 11 is 12.6. The van der Waals surface area contributed by atoms with Crippen LogP contribution in [0.2, 0.25) is 10.0 Å². The topological polar surface area (TPSA) is 34.9 Å². The van der Waals surface area contributed by atoms with Gasteiger partial charge in [-0.1, -0.05) is 48.3 Å².